The van der Waals surface area contributed by atoms with Crippen molar-refractivity contribution >= 4 is 44.1 Å². The summed E-state index contributed by atoms with van der Waals surface area (Å²) in [4.78, 5) is 0. The molecule has 0 unspecified atom stereocenters. The molecule has 4 rings (SSSR count). The zero-order valence-corrected chi connectivity index (χ0v) is 17.1. The molecule has 0 radical (unpaired) electrons. The summed E-state index contributed by atoms with van der Waals surface area (Å²) in [7, 11) is 0. The van der Waals surface area contributed by atoms with E-state index < -0.39 is 23.3 Å². The van der Waals surface area contributed by atoms with Crippen LogP contribution in [0.3, 0.4) is 0 Å². The van der Waals surface area contributed by atoms with Gasteiger partial charge in [0.2, 0.25) is 0 Å². The molecule has 0 atom stereocenters. The van der Waals surface area contributed by atoms with E-state index in [4.69, 9.17) is 0 Å². The molecular weight excluding hydrogens is 479 g/mol. The zero-order chi connectivity index (χ0) is 20.0. The van der Waals surface area contributed by atoms with Crippen molar-refractivity contribution in [3.05, 3.63) is 92.1 Å². The fourth-order valence-corrected chi connectivity index (χ4v) is 3.98. The van der Waals surface area contributed by atoms with Crippen LogP contribution in [0.2, 0.25) is 0 Å². The van der Waals surface area contributed by atoms with E-state index in [0.717, 1.165) is 9.13 Å². The Balaban J connectivity index is 1.72. The first-order valence-electron chi connectivity index (χ1n) is 8.78. The lowest BCUT2D eigenvalue weighted by Crippen LogP contribution is -2.02. The van der Waals surface area contributed by atoms with E-state index in [1.807, 2.05) is 41.6 Å². The van der Waals surface area contributed by atoms with E-state index in [0.29, 0.717) is 10.8 Å². The monoisotopic (exact) mass is 494 g/mol. The molecule has 28 heavy (non-hydrogen) atoms. The van der Waals surface area contributed by atoms with Gasteiger partial charge in [-0.3, -0.25) is 0 Å². The smallest absolute Gasteiger partial charge is 0.166 e. The van der Waals surface area contributed by atoms with Crippen molar-refractivity contribution in [1.29, 1.82) is 0 Å². The molecule has 4 aromatic carbocycles. The van der Waals surface area contributed by atoms with Crippen molar-refractivity contribution in [3.8, 4) is 0 Å². The Morgan fingerprint density at radius 1 is 0.643 bits per heavy atom. The molecular formula is C23H15F4I. The molecule has 0 spiro atoms. The highest BCUT2D eigenvalue weighted by molar-refractivity contribution is 14.1. The van der Waals surface area contributed by atoms with Gasteiger partial charge in [-0.1, -0.05) is 23.8 Å². The van der Waals surface area contributed by atoms with E-state index in [2.05, 4.69) is 0 Å². The van der Waals surface area contributed by atoms with E-state index in [1.165, 1.54) is 0 Å². The largest absolute Gasteiger partial charge is 0.203 e. The number of rotatable bonds is 3. The van der Waals surface area contributed by atoms with Gasteiger partial charge in [0.15, 0.2) is 23.3 Å². The second-order valence-electron chi connectivity index (χ2n) is 6.92. The SMILES string of the molecule is Cc1ccc2cc(CCc3cc4ccc(I)cc4c(F)c3F)c(F)c(F)c2c1. The second kappa shape index (κ2) is 7.35. The highest BCUT2D eigenvalue weighted by atomic mass is 127. The van der Waals surface area contributed by atoms with Crippen LogP contribution in [0.5, 0.6) is 0 Å². The first kappa shape index (κ1) is 19.2. The van der Waals surface area contributed by atoms with Gasteiger partial charge in [0.25, 0.3) is 0 Å². The van der Waals surface area contributed by atoms with Gasteiger partial charge in [-0.2, -0.15) is 0 Å². The number of halogens is 5. The minimum atomic E-state index is -0.938. The maximum atomic E-state index is 14.5. The molecule has 0 N–H and O–H groups in total. The van der Waals surface area contributed by atoms with E-state index in [-0.39, 0.29) is 34.7 Å². The minimum Gasteiger partial charge on any atom is -0.203 e. The quantitative estimate of drug-likeness (QED) is 0.208. The van der Waals surface area contributed by atoms with E-state index >= 15 is 0 Å². The molecule has 0 amide bonds. The Hall–Kier alpha value is -2.15. The Labute approximate surface area is 173 Å². The van der Waals surface area contributed by atoms with Crippen molar-refractivity contribution in [3.63, 3.8) is 0 Å². The van der Waals surface area contributed by atoms with Gasteiger partial charge in [-0.15, -0.1) is 0 Å². The fourth-order valence-electron chi connectivity index (χ4n) is 3.48. The highest BCUT2D eigenvalue weighted by Crippen LogP contribution is 2.29. The topological polar surface area (TPSA) is 0 Å². The van der Waals surface area contributed by atoms with Crippen LogP contribution < -0.4 is 0 Å². The fraction of sp³-hybridized carbons (Fsp3) is 0.130. The highest BCUT2D eigenvalue weighted by Gasteiger charge is 2.17. The summed E-state index contributed by atoms with van der Waals surface area (Å²) >= 11 is 2.04. The molecule has 0 aliphatic rings. The predicted molar refractivity (Wildman–Crippen MR) is 113 cm³/mol. The molecule has 0 aromatic heterocycles. The third-order valence-corrected chi connectivity index (χ3v) is 5.64. The minimum absolute atomic E-state index is 0.0679. The summed E-state index contributed by atoms with van der Waals surface area (Å²) in [5.41, 5.74) is 1.13. The summed E-state index contributed by atoms with van der Waals surface area (Å²) in [5, 5.41) is 1.60. The summed E-state index contributed by atoms with van der Waals surface area (Å²) < 4.78 is 58.7. The summed E-state index contributed by atoms with van der Waals surface area (Å²) in [5.74, 6) is -3.69. The maximum Gasteiger partial charge on any atom is 0.166 e. The van der Waals surface area contributed by atoms with Crippen molar-refractivity contribution < 1.29 is 17.6 Å². The van der Waals surface area contributed by atoms with E-state index in [1.54, 1.807) is 36.4 Å². The van der Waals surface area contributed by atoms with Gasteiger partial charge < -0.3 is 0 Å². The van der Waals surface area contributed by atoms with Crippen LogP contribution >= 0.6 is 22.6 Å². The Bertz CT molecular complexity index is 1130. The third-order valence-electron chi connectivity index (χ3n) is 4.97. The van der Waals surface area contributed by atoms with Crippen LogP contribution in [0, 0.1) is 33.8 Å². The van der Waals surface area contributed by atoms with Crippen LogP contribution in [0.25, 0.3) is 21.5 Å². The number of benzene rings is 4. The van der Waals surface area contributed by atoms with Gasteiger partial charge in [0, 0.05) is 14.3 Å². The van der Waals surface area contributed by atoms with Crippen LogP contribution in [-0.4, -0.2) is 0 Å². The first-order chi connectivity index (χ1) is 13.3. The number of hydrogen-bond acceptors (Lipinski definition) is 0. The molecule has 0 saturated carbocycles. The Morgan fingerprint density at radius 3 is 1.71 bits per heavy atom. The van der Waals surface area contributed by atoms with Gasteiger partial charge in [-0.05, 0) is 94.6 Å². The van der Waals surface area contributed by atoms with Crippen LogP contribution in [-0.2, 0) is 12.8 Å². The molecule has 0 heterocycles. The molecule has 0 bridgehead atoms. The molecule has 4 aromatic rings. The summed E-state index contributed by atoms with van der Waals surface area (Å²) in [6, 6.07) is 13.4. The lowest BCUT2D eigenvalue weighted by Gasteiger charge is -2.11. The van der Waals surface area contributed by atoms with Crippen molar-refractivity contribution in [2.75, 3.05) is 0 Å². The number of hydrogen-bond donors (Lipinski definition) is 0. The summed E-state index contributed by atoms with van der Waals surface area (Å²) in [6.07, 6.45) is 0.136. The first-order valence-corrected chi connectivity index (χ1v) is 9.86. The Morgan fingerprint density at radius 2 is 1.14 bits per heavy atom. The standard InChI is InChI=1S/C23H15F4I/c1-12-2-3-13-9-15(20(24)22(26)18(13)8-12)4-5-16-10-14-6-7-17(28)11-19(14)23(27)21(16)25/h2-3,6-11H,4-5H2,1H3. The molecule has 0 aliphatic heterocycles. The Kier molecular flexibility index (Phi) is 5.04. The predicted octanol–water partition coefficient (Wildman–Crippen LogP) is 7.25. The summed E-state index contributed by atoms with van der Waals surface area (Å²) in [6.45, 7) is 1.81. The van der Waals surface area contributed by atoms with Crippen LogP contribution in [0.1, 0.15) is 16.7 Å². The number of fused-ring (bicyclic) bond motifs is 2. The van der Waals surface area contributed by atoms with Gasteiger partial charge in [-0.25, -0.2) is 17.6 Å². The van der Waals surface area contributed by atoms with Crippen LogP contribution in [0.4, 0.5) is 17.6 Å². The molecule has 0 saturated heterocycles. The third kappa shape index (κ3) is 3.36. The van der Waals surface area contributed by atoms with Crippen molar-refractivity contribution in [2.24, 2.45) is 0 Å². The average molecular weight is 494 g/mol. The number of aryl methyl sites for hydroxylation is 3. The molecule has 5 heteroatoms. The average Bonchev–Trinajstić information content (AvgIpc) is 2.68. The molecule has 0 nitrogen and oxygen atoms in total. The van der Waals surface area contributed by atoms with Gasteiger partial charge in [0.1, 0.15) is 0 Å². The maximum absolute atomic E-state index is 14.5. The van der Waals surface area contributed by atoms with Gasteiger partial charge in [0.05, 0.1) is 0 Å². The molecule has 0 aliphatic carbocycles. The molecule has 0 fully saturated rings. The normalized spacial score (nSPS) is 11.5. The lowest BCUT2D eigenvalue weighted by molar-refractivity contribution is 0.499. The van der Waals surface area contributed by atoms with Crippen molar-refractivity contribution in [2.45, 2.75) is 19.8 Å². The second-order valence-corrected chi connectivity index (χ2v) is 8.16. The molecule has 142 valence electrons. The van der Waals surface area contributed by atoms with Gasteiger partial charge >= 0.3 is 0 Å². The zero-order valence-electron chi connectivity index (χ0n) is 14.9. The lowest BCUT2D eigenvalue weighted by atomic mass is 9.97. The van der Waals surface area contributed by atoms with Crippen LogP contribution in [0.15, 0.2) is 48.5 Å². The van der Waals surface area contributed by atoms with E-state index in [9.17, 15) is 17.6 Å². The van der Waals surface area contributed by atoms with Crippen molar-refractivity contribution in [1.82, 2.24) is 0 Å².